The van der Waals surface area contributed by atoms with Crippen LogP contribution in [0.4, 0.5) is 8.78 Å². The van der Waals surface area contributed by atoms with E-state index in [9.17, 15) is 13.6 Å². The smallest absolute Gasteiger partial charge is 0.360 e. The molecule has 0 radical (unpaired) electrons. The van der Waals surface area contributed by atoms with Crippen LogP contribution in [0.1, 0.15) is 28.2 Å². The van der Waals surface area contributed by atoms with Crippen LogP contribution >= 0.6 is 0 Å². The molecule has 1 aromatic heterocycles. The Balaban J connectivity index is 3.15. The van der Waals surface area contributed by atoms with Crippen molar-refractivity contribution in [1.82, 2.24) is 5.16 Å². The lowest BCUT2D eigenvalue weighted by molar-refractivity contribution is 0.0579. The molecule has 0 bridgehead atoms. The second-order valence-electron chi connectivity index (χ2n) is 2.29. The Morgan fingerprint density at radius 1 is 1.62 bits per heavy atom. The molecule has 0 N–H and O–H groups in total. The minimum Gasteiger partial charge on any atom is -0.464 e. The highest BCUT2D eigenvalue weighted by Crippen LogP contribution is 2.26. The van der Waals surface area contributed by atoms with Gasteiger partial charge < -0.3 is 9.26 Å². The van der Waals surface area contributed by atoms with E-state index in [1.54, 1.807) is 0 Å². The Morgan fingerprint density at radius 3 is 2.69 bits per heavy atom. The highest BCUT2D eigenvalue weighted by atomic mass is 19.3. The van der Waals surface area contributed by atoms with E-state index in [0.717, 1.165) is 7.11 Å². The van der Waals surface area contributed by atoms with Gasteiger partial charge in [-0.1, -0.05) is 5.16 Å². The van der Waals surface area contributed by atoms with Crippen molar-refractivity contribution in [2.45, 2.75) is 13.3 Å². The molecule has 0 aliphatic rings. The molecule has 0 aliphatic heterocycles. The van der Waals surface area contributed by atoms with Crippen LogP contribution in [0.15, 0.2) is 4.52 Å². The lowest BCUT2D eigenvalue weighted by Gasteiger charge is -1.97. The third-order valence-corrected chi connectivity index (χ3v) is 1.51. The van der Waals surface area contributed by atoms with Crippen molar-refractivity contribution in [3.05, 3.63) is 17.0 Å². The third-order valence-electron chi connectivity index (χ3n) is 1.51. The summed E-state index contributed by atoms with van der Waals surface area (Å²) >= 11 is 0. The highest BCUT2D eigenvalue weighted by molar-refractivity contribution is 5.88. The van der Waals surface area contributed by atoms with Gasteiger partial charge in [0.15, 0.2) is 0 Å². The van der Waals surface area contributed by atoms with E-state index in [1.165, 1.54) is 6.92 Å². The van der Waals surface area contributed by atoms with Gasteiger partial charge in [-0.15, -0.1) is 0 Å². The number of methoxy groups -OCH3 is 1. The average Bonchev–Trinajstić information content (AvgIpc) is 2.45. The first-order chi connectivity index (χ1) is 6.07. The molecule has 0 amide bonds. The van der Waals surface area contributed by atoms with E-state index < -0.39 is 23.7 Å². The number of aryl methyl sites for hydroxylation is 1. The molecule has 0 atom stereocenters. The lowest BCUT2D eigenvalue weighted by Crippen LogP contribution is -2.05. The van der Waals surface area contributed by atoms with Gasteiger partial charge in [-0.05, 0) is 6.92 Å². The maximum atomic E-state index is 12.3. The number of aromatic nitrogens is 1. The molecule has 0 fully saturated rings. The first-order valence-electron chi connectivity index (χ1n) is 3.40. The number of ether oxygens (including phenoxy) is 1. The maximum Gasteiger partial charge on any atom is 0.360 e. The molecular weight excluding hydrogens is 184 g/mol. The summed E-state index contributed by atoms with van der Waals surface area (Å²) < 4.78 is 33.3. The van der Waals surface area contributed by atoms with Gasteiger partial charge in [0.2, 0.25) is 5.69 Å². The number of halogens is 2. The lowest BCUT2D eigenvalue weighted by atomic mass is 10.2. The monoisotopic (exact) mass is 191 g/mol. The van der Waals surface area contributed by atoms with E-state index >= 15 is 0 Å². The number of carbonyl (C=O) groups is 1. The molecule has 0 spiro atoms. The number of nitrogens with zero attached hydrogens (tertiary/aromatic N) is 1. The van der Waals surface area contributed by atoms with Crippen LogP contribution in [0.25, 0.3) is 0 Å². The summed E-state index contributed by atoms with van der Waals surface area (Å²) in [5, 5.41) is 3.18. The van der Waals surface area contributed by atoms with Crippen molar-refractivity contribution in [2.24, 2.45) is 0 Å². The zero-order valence-electron chi connectivity index (χ0n) is 7.01. The number of hydrogen-bond donors (Lipinski definition) is 0. The molecule has 0 saturated heterocycles. The van der Waals surface area contributed by atoms with Crippen LogP contribution in [-0.4, -0.2) is 18.2 Å². The van der Waals surface area contributed by atoms with Gasteiger partial charge in [0.25, 0.3) is 6.43 Å². The van der Waals surface area contributed by atoms with Gasteiger partial charge in [-0.3, -0.25) is 0 Å². The Labute approximate surface area is 72.5 Å². The van der Waals surface area contributed by atoms with Crippen LogP contribution < -0.4 is 0 Å². The van der Waals surface area contributed by atoms with Gasteiger partial charge in [0.1, 0.15) is 5.76 Å². The van der Waals surface area contributed by atoms with Gasteiger partial charge in [0.05, 0.1) is 12.7 Å². The molecule has 72 valence electrons. The van der Waals surface area contributed by atoms with Crippen molar-refractivity contribution < 1.29 is 22.8 Å². The molecule has 0 saturated carbocycles. The van der Waals surface area contributed by atoms with Crippen molar-refractivity contribution in [2.75, 3.05) is 7.11 Å². The highest BCUT2D eigenvalue weighted by Gasteiger charge is 2.26. The zero-order valence-corrected chi connectivity index (χ0v) is 7.01. The fraction of sp³-hybridized carbons (Fsp3) is 0.429. The molecule has 0 aromatic carbocycles. The molecule has 1 rings (SSSR count). The van der Waals surface area contributed by atoms with E-state index in [4.69, 9.17) is 0 Å². The predicted molar refractivity (Wildman–Crippen MR) is 37.5 cm³/mol. The molecule has 4 nitrogen and oxygen atoms in total. The number of alkyl halides is 2. The van der Waals surface area contributed by atoms with Crippen LogP contribution in [0.2, 0.25) is 0 Å². The number of esters is 1. The zero-order chi connectivity index (χ0) is 10.0. The number of carbonyl (C=O) groups excluding carboxylic acids is 1. The largest absolute Gasteiger partial charge is 0.464 e. The number of rotatable bonds is 2. The molecular formula is C7H7F2NO3. The molecule has 0 unspecified atom stereocenters. The standard InChI is InChI=1S/C7H7F2NO3/c1-3-4(6(8)9)5(10-13-3)7(11)12-2/h6H,1-2H3. The molecule has 0 aliphatic carbocycles. The quantitative estimate of drug-likeness (QED) is 0.667. The van der Waals surface area contributed by atoms with Gasteiger partial charge in [0, 0.05) is 0 Å². The normalized spacial score (nSPS) is 10.5. The first kappa shape index (κ1) is 9.63. The minimum absolute atomic E-state index is 0.0737. The third kappa shape index (κ3) is 1.66. The van der Waals surface area contributed by atoms with Crippen LogP contribution in [0.5, 0.6) is 0 Å². The molecule has 13 heavy (non-hydrogen) atoms. The SMILES string of the molecule is COC(=O)c1noc(C)c1C(F)F. The summed E-state index contributed by atoms with van der Waals surface area (Å²) in [5.41, 5.74) is -0.971. The second kappa shape index (κ2) is 3.51. The first-order valence-corrected chi connectivity index (χ1v) is 3.40. The summed E-state index contributed by atoms with van der Waals surface area (Å²) in [6, 6.07) is 0. The average molecular weight is 191 g/mol. The summed E-state index contributed by atoms with van der Waals surface area (Å²) in [5.74, 6) is -0.998. The minimum atomic E-state index is -2.79. The van der Waals surface area contributed by atoms with Crippen molar-refractivity contribution in [3.8, 4) is 0 Å². The topological polar surface area (TPSA) is 52.3 Å². The van der Waals surface area contributed by atoms with E-state index in [1.807, 2.05) is 0 Å². The predicted octanol–water partition coefficient (Wildman–Crippen LogP) is 1.71. The Bertz CT molecular complexity index is 322. The fourth-order valence-electron chi connectivity index (χ4n) is 0.880. The van der Waals surface area contributed by atoms with Crippen LogP contribution in [0, 0.1) is 6.92 Å². The second-order valence-corrected chi connectivity index (χ2v) is 2.29. The number of hydrogen-bond acceptors (Lipinski definition) is 4. The van der Waals surface area contributed by atoms with E-state index in [-0.39, 0.29) is 5.76 Å². The fourth-order valence-corrected chi connectivity index (χ4v) is 0.880. The Kier molecular flexibility index (Phi) is 2.60. The summed E-state index contributed by atoms with van der Waals surface area (Å²) in [6.45, 7) is 1.31. The molecule has 1 heterocycles. The van der Waals surface area contributed by atoms with Gasteiger partial charge in [-0.25, -0.2) is 13.6 Å². The Morgan fingerprint density at radius 2 is 2.23 bits per heavy atom. The van der Waals surface area contributed by atoms with Crippen molar-refractivity contribution in [3.63, 3.8) is 0 Å². The van der Waals surface area contributed by atoms with Gasteiger partial charge in [-0.2, -0.15) is 0 Å². The van der Waals surface area contributed by atoms with Crippen LogP contribution in [-0.2, 0) is 4.74 Å². The summed E-state index contributed by atoms with van der Waals surface area (Å²) in [7, 11) is 1.08. The molecule has 1 aromatic rings. The van der Waals surface area contributed by atoms with Crippen LogP contribution in [0.3, 0.4) is 0 Å². The maximum absolute atomic E-state index is 12.3. The van der Waals surface area contributed by atoms with E-state index in [0.29, 0.717) is 0 Å². The summed E-state index contributed by atoms with van der Waals surface area (Å²) in [4.78, 5) is 10.9. The summed E-state index contributed by atoms with van der Waals surface area (Å²) in [6.07, 6.45) is -2.79. The van der Waals surface area contributed by atoms with Crippen molar-refractivity contribution in [1.29, 1.82) is 0 Å². The van der Waals surface area contributed by atoms with Gasteiger partial charge >= 0.3 is 5.97 Å². The molecule has 6 heteroatoms. The van der Waals surface area contributed by atoms with Crippen molar-refractivity contribution >= 4 is 5.97 Å². The Hall–Kier alpha value is -1.46. The van der Waals surface area contributed by atoms with E-state index in [2.05, 4.69) is 14.4 Å².